The zero-order valence-electron chi connectivity index (χ0n) is 11.2. The molecule has 0 fully saturated rings. The van der Waals surface area contributed by atoms with Crippen LogP contribution in [0.3, 0.4) is 0 Å². The third kappa shape index (κ3) is 3.23. The zero-order chi connectivity index (χ0) is 14.8. The van der Waals surface area contributed by atoms with Gasteiger partial charge in [-0.2, -0.15) is 0 Å². The molecular weight excluding hydrogens is 325 g/mol. The molecule has 3 aromatic rings. The van der Waals surface area contributed by atoms with Crippen molar-refractivity contribution in [3.8, 4) is 11.3 Å². The van der Waals surface area contributed by atoms with Crippen LogP contribution < -0.4 is 5.32 Å². The van der Waals surface area contributed by atoms with Gasteiger partial charge in [0, 0.05) is 11.3 Å². The van der Waals surface area contributed by atoms with Gasteiger partial charge in [-0.25, -0.2) is 4.98 Å². The molecule has 21 heavy (non-hydrogen) atoms. The number of aromatic nitrogens is 2. The number of aromatic amines is 1. The number of thiophene rings is 1. The fourth-order valence-electron chi connectivity index (χ4n) is 2.14. The minimum absolute atomic E-state index is 0.0965. The molecule has 2 N–H and O–H groups in total. The molecule has 0 aliphatic rings. The van der Waals surface area contributed by atoms with E-state index >= 15 is 0 Å². The maximum atomic E-state index is 6.18. The molecule has 0 radical (unpaired) electrons. The summed E-state index contributed by atoms with van der Waals surface area (Å²) in [5, 5.41) is 3.42. The molecule has 0 bridgehead atoms. The monoisotopic (exact) mass is 337 g/mol. The molecule has 1 aromatic carbocycles. The Morgan fingerprint density at radius 1 is 1.24 bits per heavy atom. The predicted octanol–water partition coefficient (Wildman–Crippen LogP) is 5.62. The number of nitrogens with zero attached hydrogens (tertiary/aromatic N) is 1. The number of anilines is 1. The first kappa shape index (κ1) is 14.4. The van der Waals surface area contributed by atoms with E-state index in [2.05, 4.69) is 22.2 Å². The highest BCUT2D eigenvalue weighted by molar-refractivity contribution is 7.20. The first-order valence-electron chi connectivity index (χ1n) is 6.43. The van der Waals surface area contributed by atoms with Crippen molar-refractivity contribution in [2.75, 3.05) is 5.32 Å². The molecule has 0 saturated carbocycles. The lowest BCUT2D eigenvalue weighted by Crippen LogP contribution is -2.05. The zero-order valence-corrected chi connectivity index (χ0v) is 13.6. The molecule has 2 heterocycles. The summed E-state index contributed by atoms with van der Waals surface area (Å²) in [6, 6.07) is 10.2. The van der Waals surface area contributed by atoms with Gasteiger partial charge in [-0.1, -0.05) is 35.3 Å². The molecule has 1 unspecified atom stereocenters. The molecule has 3 nitrogen and oxygen atoms in total. The van der Waals surface area contributed by atoms with Crippen LogP contribution in [-0.2, 0) is 0 Å². The lowest BCUT2D eigenvalue weighted by Gasteiger charge is -2.15. The van der Waals surface area contributed by atoms with Crippen LogP contribution in [0.5, 0.6) is 0 Å². The largest absolute Gasteiger partial charge is 0.378 e. The fourth-order valence-corrected chi connectivity index (χ4v) is 3.78. The SMILES string of the molecule is CC(Nc1ccc(-c2cnc[nH]2)cc1)c1cc(Cl)sc1Cl. The van der Waals surface area contributed by atoms with Crippen LogP contribution in [0.15, 0.2) is 42.9 Å². The van der Waals surface area contributed by atoms with Crippen molar-refractivity contribution < 1.29 is 0 Å². The van der Waals surface area contributed by atoms with Crippen molar-refractivity contribution in [1.29, 1.82) is 0 Å². The van der Waals surface area contributed by atoms with Crippen molar-refractivity contribution in [1.82, 2.24) is 9.97 Å². The van der Waals surface area contributed by atoms with Crippen molar-refractivity contribution in [3.63, 3.8) is 0 Å². The molecule has 0 spiro atoms. The molecule has 2 aromatic heterocycles. The summed E-state index contributed by atoms with van der Waals surface area (Å²) in [4.78, 5) is 7.11. The molecule has 0 aliphatic carbocycles. The minimum Gasteiger partial charge on any atom is -0.378 e. The van der Waals surface area contributed by atoms with Crippen LogP contribution in [0.1, 0.15) is 18.5 Å². The quantitative estimate of drug-likeness (QED) is 0.648. The molecular formula is C15H13Cl2N3S. The third-order valence-electron chi connectivity index (χ3n) is 3.23. The van der Waals surface area contributed by atoms with Crippen molar-refractivity contribution >= 4 is 40.2 Å². The highest BCUT2D eigenvalue weighted by Gasteiger charge is 2.13. The van der Waals surface area contributed by atoms with Gasteiger partial charge in [-0.05, 0) is 30.7 Å². The normalized spacial score (nSPS) is 12.3. The number of H-pyrrole nitrogens is 1. The van der Waals surface area contributed by atoms with Gasteiger partial charge in [0.2, 0.25) is 0 Å². The maximum absolute atomic E-state index is 6.18. The van der Waals surface area contributed by atoms with Crippen LogP contribution >= 0.6 is 34.5 Å². The van der Waals surface area contributed by atoms with Gasteiger partial charge >= 0.3 is 0 Å². The number of halogens is 2. The van der Waals surface area contributed by atoms with Crippen LogP contribution in [0.25, 0.3) is 11.3 Å². The second-order valence-corrected chi connectivity index (χ2v) is 6.97. The summed E-state index contributed by atoms with van der Waals surface area (Å²) in [5.74, 6) is 0. The smallest absolute Gasteiger partial charge is 0.0996 e. The summed E-state index contributed by atoms with van der Waals surface area (Å²) >= 11 is 13.6. The molecule has 0 saturated heterocycles. The van der Waals surface area contributed by atoms with Gasteiger partial charge in [0.25, 0.3) is 0 Å². The average Bonchev–Trinajstić information content (AvgIpc) is 3.09. The lowest BCUT2D eigenvalue weighted by molar-refractivity contribution is 0.891. The van der Waals surface area contributed by atoms with E-state index in [0.29, 0.717) is 4.34 Å². The Labute approximate surface area is 137 Å². The summed E-state index contributed by atoms with van der Waals surface area (Å²) in [6.07, 6.45) is 3.48. The van der Waals surface area contributed by atoms with Crippen LogP contribution in [0, 0.1) is 0 Å². The minimum atomic E-state index is 0.0965. The molecule has 6 heteroatoms. The second-order valence-electron chi connectivity index (χ2n) is 4.69. The standard InChI is InChI=1S/C15H13Cl2N3S/c1-9(12-6-14(16)21-15(12)17)20-11-4-2-10(3-5-11)13-7-18-8-19-13/h2-9,20H,1H3,(H,18,19). The Balaban J connectivity index is 1.74. The van der Waals surface area contributed by atoms with Crippen LogP contribution in [0.4, 0.5) is 5.69 Å². The van der Waals surface area contributed by atoms with E-state index in [4.69, 9.17) is 23.2 Å². The summed E-state index contributed by atoms with van der Waals surface area (Å²) < 4.78 is 1.44. The predicted molar refractivity (Wildman–Crippen MR) is 90.4 cm³/mol. The number of hydrogen-bond acceptors (Lipinski definition) is 3. The van der Waals surface area contributed by atoms with E-state index in [1.54, 1.807) is 12.5 Å². The number of hydrogen-bond donors (Lipinski definition) is 2. The highest BCUT2D eigenvalue weighted by atomic mass is 35.5. The van der Waals surface area contributed by atoms with Crippen LogP contribution in [0.2, 0.25) is 8.67 Å². The van der Waals surface area contributed by atoms with Crippen molar-refractivity contribution in [2.45, 2.75) is 13.0 Å². The van der Waals surface area contributed by atoms with E-state index in [1.807, 2.05) is 30.3 Å². The Morgan fingerprint density at radius 2 is 2.00 bits per heavy atom. The van der Waals surface area contributed by atoms with Gasteiger partial charge in [0.05, 0.1) is 32.9 Å². The first-order chi connectivity index (χ1) is 10.1. The van der Waals surface area contributed by atoms with E-state index in [0.717, 1.165) is 26.8 Å². The van der Waals surface area contributed by atoms with E-state index in [1.165, 1.54) is 11.3 Å². The Hall–Kier alpha value is -1.49. The molecule has 0 aliphatic heterocycles. The van der Waals surface area contributed by atoms with E-state index in [-0.39, 0.29) is 6.04 Å². The lowest BCUT2D eigenvalue weighted by atomic mass is 10.1. The third-order valence-corrected chi connectivity index (χ3v) is 4.74. The van der Waals surface area contributed by atoms with E-state index < -0.39 is 0 Å². The maximum Gasteiger partial charge on any atom is 0.0996 e. The van der Waals surface area contributed by atoms with E-state index in [9.17, 15) is 0 Å². The average molecular weight is 338 g/mol. The molecule has 1 atom stereocenters. The molecule has 3 rings (SSSR count). The molecule has 108 valence electrons. The van der Waals surface area contributed by atoms with Crippen LogP contribution in [-0.4, -0.2) is 9.97 Å². The Bertz CT molecular complexity index is 720. The summed E-state index contributed by atoms with van der Waals surface area (Å²) in [5.41, 5.74) is 4.15. The Kier molecular flexibility index (Phi) is 4.19. The fraction of sp³-hybridized carbons (Fsp3) is 0.133. The Morgan fingerprint density at radius 3 is 2.57 bits per heavy atom. The topological polar surface area (TPSA) is 40.7 Å². The van der Waals surface area contributed by atoms with Crippen molar-refractivity contribution in [2.24, 2.45) is 0 Å². The summed E-state index contributed by atoms with van der Waals surface area (Å²) in [7, 11) is 0. The summed E-state index contributed by atoms with van der Waals surface area (Å²) in [6.45, 7) is 2.06. The first-order valence-corrected chi connectivity index (χ1v) is 8.01. The van der Waals surface area contributed by atoms with Crippen molar-refractivity contribution in [3.05, 3.63) is 57.1 Å². The van der Waals surface area contributed by atoms with Gasteiger partial charge in [0.1, 0.15) is 0 Å². The number of imidazole rings is 1. The highest BCUT2D eigenvalue weighted by Crippen LogP contribution is 2.36. The molecule has 0 amide bonds. The number of rotatable bonds is 4. The van der Waals surface area contributed by atoms with Gasteiger partial charge in [-0.3, -0.25) is 0 Å². The number of benzene rings is 1. The second kappa shape index (κ2) is 6.10. The van der Waals surface area contributed by atoms with Gasteiger partial charge < -0.3 is 10.3 Å². The van der Waals surface area contributed by atoms with Gasteiger partial charge in [0.15, 0.2) is 0 Å². The van der Waals surface area contributed by atoms with Gasteiger partial charge in [-0.15, -0.1) is 11.3 Å². The number of nitrogens with one attached hydrogen (secondary N) is 2.